The maximum absolute atomic E-state index is 12.6. The molecule has 1 unspecified atom stereocenters. The maximum Gasteiger partial charge on any atom is 0.317 e. The Hall–Kier alpha value is -0.690. The third kappa shape index (κ3) is 2.83. The molecule has 9 heteroatoms. The van der Waals surface area contributed by atoms with Gasteiger partial charge in [-0.1, -0.05) is 34.8 Å². The van der Waals surface area contributed by atoms with Crippen LogP contribution in [0.15, 0.2) is 23.2 Å². The van der Waals surface area contributed by atoms with E-state index in [1.54, 1.807) is 12.1 Å². The molecule has 0 N–H and O–H groups in total. The summed E-state index contributed by atoms with van der Waals surface area (Å²) in [5.41, 5.74) is 0.606. The van der Waals surface area contributed by atoms with E-state index in [4.69, 9.17) is 34.8 Å². The zero-order chi connectivity index (χ0) is 15.0. The van der Waals surface area contributed by atoms with Crippen molar-refractivity contribution < 1.29 is 13.0 Å². The van der Waals surface area contributed by atoms with E-state index in [0.29, 0.717) is 10.6 Å². The second-order valence-electron chi connectivity index (χ2n) is 3.77. The van der Waals surface area contributed by atoms with Crippen LogP contribution in [0.2, 0.25) is 15.1 Å². The molecule has 0 aliphatic rings. The minimum Gasteiger partial charge on any atom is -0.257 e. The zero-order valence-corrected chi connectivity index (χ0v) is 13.0. The molecule has 1 heterocycles. The predicted molar refractivity (Wildman–Crippen MR) is 76.1 cm³/mol. The summed E-state index contributed by atoms with van der Waals surface area (Å²) in [6.45, 7) is 0. The molecule has 0 saturated carbocycles. The van der Waals surface area contributed by atoms with Crippen LogP contribution in [0.5, 0.6) is 0 Å². The summed E-state index contributed by atoms with van der Waals surface area (Å²) in [5.74, 6) is -3.04. The number of aromatic nitrogens is 2. The Morgan fingerprint density at radius 1 is 1.30 bits per heavy atom. The molecule has 0 spiro atoms. The lowest BCUT2D eigenvalue weighted by Gasteiger charge is -2.02. The van der Waals surface area contributed by atoms with Crippen LogP contribution in [0.25, 0.3) is 11.3 Å². The van der Waals surface area contributed by atoms with Gasteiger partial charge in [-0.05, 0) is 18.2 Å². The lowest BCUT2D eigenvalue weighted by atomic mass is 10.1. The smallest absolute Gasteiger partial charge is 0.257 e. The molecule has 1 aromatic carbocycles. The Morgan fingerprint density at radius 3 is 2.50 bits per heavy atom. The van der Waals surface area contributed by atoms with Gasteiger partial charge in [0.25, 0.3) is 0 Å². The van der Waals surface area contributed by atoms with Crippen LogP contribution in [-0.2, 0) is 17.8 Å². The molecule has 1 aromatic heterocycles. The Kier molecular flexibility index (Phi) is 4.69. The number of halogens is 5. The van der Waals surface area contributed by atoms with Gasteiger partial charge in [0, 0.05) is 17.6 Å². The summed E-state index contributed by atoms with van der Waals surface area (Å²) in [5, 5.41) is 4.33. The first-order valence-electron chi connectivity index (χ1n) is 5.19. The van der Waals surface area contributed by atoms with Gasteiger partial charge in [0.2, 0.25) is 0 Å². The molecule has 0 bridgehead atoms. The van der Waals surface area contributed by atoms with Gasteiger partial charge in [0.15, 0.2) is 0 Å². The van der Waals surface area contributed by atoms with E-state index in [2.05, 4.69) is 5.10 Å². The quantitative estimate of drug-likeness (QED) is 0.815. The van der Waals surface area contributed by atoms with Crippen molar-refractivity contribution in [1.82, 2.24) is 9.78 Å². The second-order valence-corrected chi connectivity index (χ2v) is 6.33. The SMILES string of the molecule is Cn1nc(-c2ccc(Cl)cc2Cl)c(Cl)c1S(=O)C(F)F. The topological polar surface area (TPSA) is 34.9 Å². The number of nitrogens with zero attached hydrogens (tertiary/aromatic N) is 2. The summed E-state index contributed by atoms with van der Waals surface area (Å²) in [6.07, 6.45) is 0. The predicted octanol–water partition coefficient (Wildman–Crippen LogP) is 4.38. The normalized spacial score (nSPS) is 12.9. The van der Waals surface area contributed by atoms with Crippen molar-refractivity contribution in [2.24, 2.45) is 7.05 Å². The highest BCUT2D eigenvalue weighted by Crippen LogP contribution is 2.37. The number of aryl methyl sites for hydroxylation is 1. The molecule has 2 rings (SSSR count). The highest BCUT2D eigenvalue weighted by Gasteiger charge is 2.27. The Balaban J connectivity index is 2.60. The van der Waals surface area contributed by atoms with E-state index >= 15 is 0 Å². The van der Waals surface area contributed by atoms with Gasteiger partial charge in [-0.2, -0.15) is 13.9 Å². The molecule has 2 aromatic rings. The lowest BCUT2D eigenvalue weighted by Crippen LogP contribution is -2.08. The second kappa shape index (κ2) is 5.97. The first-order valence-corrected chi connectivity index (χ1v) is 7.54. The van der Waals surface area contributed by atoms with E-state index in [9.17, 15) is 13.0 Å². The van der Waals surface area contributed by atoms with Crippen LogP contribution >= 0.6 is 34.8 Å². The molecule has 3 nitrogen and oxygen atoms in total. The summed E-state index contributed by atoms with van der Waals surface area (Å²) in [7, 11) is -1.17. The first-order chi connectivity index (χ1) is 9.32. The fraction of sp³-hybridized carbons (Fsp3) is 0.182. The van der Waals surface area contributed by atoms with Crippen molar-refractivity contribution in [3.8, 4) is 11.3 Å². The van der Waals surface area contributed by atoms with Crippen LogP contribution in [0.4, 0.5) is 8.78 Å². The number of benzene rings is 1. The standard InChI is InChI=1S/C11H7Cl3F2N2OS/c1-18-10(20(19)11(15)16)8(14)9(17-18)6-3-2-5(12)4-7(6)13/h2-4,11H,1H3. The summed E-state index contributed by atoms with van der Waals surface area (Å²) in [4.78, 5) is 0. The molecule has 0 fully saturated rings. The summed E-state index contributed by atoms with van der Waals surface area (Å²) in [6, 6.07) is 4.61. The molecule has 0 aliphatic carbocycles. The molecule has 0 aliphatic heterocycles. The third-order valence-corrected chi connectivity index (χ3v) is 4.67. The van der Waals surface area contributed by atoms with Gasteiger partial charge in [-0.25, -0.2) is 4.21 Å². The molecular weight excluding hydrogens is 353 g/mol. The van der Waals surface area contributed by atoms with Crippen LogP contribution in [-0.4, -0.2) is 19.7 Å². The first kappa shape index (κ1) is 15.7. The fourth-order valence-corrected chi connectivity index (χ4v) is 3.37. The Bertz CT molecular complexity index is 691. The summed E-state index contributed by atoms with van der Waals surface area (Å²) >= 11 is 17.8. The number of alkyl halides is 2. The number of rotatable bonds is 3. The van der Waals surface area contributed by atoms with Gasteiger partial charge < -0.3 is 0 Å². The van der Waals surface area contributed by atoms with Gasteiger partial charge in [-0.3, -0.25) is 4.68 Å². The zero-order valence-electron chi connectivity index (χ0n) is 9.91. The lowest BCUT2D eigenvalue weighted by molar-refractivity contribution is 0.243. The highest BCUT2D eigenvalue weighted by atomic mass is 35.5. The van der Waals surface area contributed by atoms with Gasteiger partial charge in [0.05, 0.1) is 5.02 Å². The summed E-state index contributed by atoms with van der Waals surface area (Å²) < 4.78 is 37.7. The Morgan fingerprint density at radius 2 is 1.95 bits per heavy atom. The molecule has 20 heavy (non-hydrogen) atoms. The molecule has 0 amide bonds. The molecule has 1 atom stereocenters. The van der Waals surface area contributed by atoms with Crippen molar-refractivity contribution in [3.05, 3.63) is 33.3 Å². The largest absolute Gasteiger partial charge is 0.317 e. The van der Waals surface area contributed by atoms with E-state index in [0.717, 1.165) is 4.68 Å². The third-order valence-electron chi connectivity index (χ3n) is 2.48. The highest BCUT2D eigenvalue weighted by molar-refractivity contribution is 7.85. The molecule has 0 saturated heterocycles. The molecule has 108 valence electrons. The van der Waals surface area contributed by atoms with Crippen LogP contribution in [0, 0.1) is 0 Å². The minimum atomic E-state index is -3.04. The van der Waals surface area contributed by atoms with E-state index in [1.807, 2.05) is 0 Å². The monoisotopic (exact) mass is 358 g/mol. The average molecular weight is 360 g/mol. The van der Waals surface area contributed by atoms with Crippen molar-refractivity contribution in [1.29, 1.82) is 0 Å². The van der Waals surface area contributed by atoms with E-state index < -0.39 is 16.6 Å². The molecular formula is C11H7Cl3F2N2OS. The van der Waals surface area contributed by atoms with Gasteiger partial charge >= 0.3 is 5.76 Å². The van der Waals surface area contributed by atoms with Crippen molar-refractivity contribution in [2.75, 3.05) is 0 Å². The van der Waals surface area contributed by atoms with Crippen molar-refractivity contribution in [2.45, 2.75) is 10.8 Å². The van der Waals surface area contributed by atoms with E-state index in [-0.39, 0.29) is 20.8 Å². The average Bonchev–Trinajstić information content (AvgIpc) is 2.64. The minimum absolute atomic E-state index is 0.115. The van der Waals surface area contributed by atoms with Crippen molar-refractivity contribution in [3.63, 3.8) is 0 Å². The Labute approximate surface area is 130 Å². The maximum atomic E-state index is 12.6. The van der Waals surface area contributed by atoms with Gasteiger partial charge in [0.1, 0.15) is 26.5 Å². The van der Waals surface area contributed by atoms with Gasteiger partial charge in [-0.15, -0.1) is 0 Å². The van der Waals surface area contributed by atoms with Crippen molar-refractivity contribution >= 4 is 45.6 Å². The van der Waals surface area contributed by atoms with Crippen LogP contribution in [0.1, 0.15) is 0 Å². The number of hydrogen-bond donors (Lipinski definition) is 0. The van der Waals surface area contributed by atoms with Crippen LogP contribution in [0.3, 0.4) is 0 Å². The number of hydrogen-bond acceptors (Lipinski definition) is 2. The molecule has 0 radical (unpaired) electrons. The van der Waals surface area contributed by atoms with Crippen LogP contribution < -0.4 is 0 Å². The fourth-order valence-electron chi connectivity index (χ4n) is 1.64. The van der Waals surface area contributed by atoms with E-state index in [1.165, 1.54) is 13.1 Å².